The first-order chi connectivity index (χ1) is 31.2. The van der Waals surface area contributed by atoms with Gasteiger partial charge in [-0.05, 0) is 63.0 Å². The number of furan rings is 1. The van der Waals surface area contributed by atoms with Gasteiger partial charge in [-0.15, -0.1) is 0 Å². The Morgan fingerprint density at radius 2 is 0.810 bits per heavy atom. The van der Waals surface area contributed by atoms with Gasteiger partial charge in [0.25, 0.3) is 0 Å². The molecule has 4 heteroatoms. The molecule has 0 spiro atoms. The standard InChI is InChI=1S/C59H37N3O/c1-3-13-38(14-4-1)40-25-29-43(30-26-40)52-37-53(61-59(60-52)44-31-27-41(28-32-44)39-15-5-2-6-16-39)47-20-11-18-45(35-47)46-19-12-21-48(36-46)56-58-55(50-23-9-10-24-54(50)63-58)51-34-33-42-17-7-8-22-49(42)57(51)62-56/h1-37H. The zero-order chi connectivity index (χ0) is 41.7. The van der Waals surface area contributed by atoms with Crippen LogP contribution in [0.4, 0.5) is 0 Å². The van der Waals surface area contributed by atoms with Crippen LogP contribution in [0, 0.1) is 0 Å². The average molecular weight is 804 g/mol. The van der Waals surface area contributed by atoms with Gasteiger partial charge in [0.15, 0.2) is 11.4 Å². The molecule has 63 heavy (non-hydrogen) atoms. The van der Waals surface area contributed by atoms with Crippen LogP contribution in [0.2, 0.25) is 0 Å². The molecule has 294 valence electrons. The lowest BCUT2D eigenvalue weighted by molar-refractivity contribution is 0.669. The largest absolute Gasteiger partial charge is 0.454 e. The fraction of sp³-hybridized carbons (Fsp3) is 0. The van der Waals surface area contributed by atoms with Gasteiger partial charge in [0.05, 0.1) is 16.9 Å². The predicted molar refractivity (Wildman–Crippen MR) is 260 cm³/mol. The molecule has 0 saturated carbocycles. The van der Waals surface area contributed by atoms with Crippen LogP contribution in [-0.4, -0.2) is 15.0 Å². The number of hydrogen-bond donors (Lipinski definition) is 0. The highest BCUT2D eigenvalue weighted by Crippen LogP contribution is 2.42. The summed E-state index contributed by atoms with van der Waals surface area (Å²) in [7, 11) is 0. The Labute approximate surface area is 364 Å². The molecule has 0 radical (unpaired) electrons. The van der Waals surface area contributed by atoms with Crippen molar-refractivity contribution in [1.82, 2.24) is 15.0 Å². The van der Waals surface area contributed by atoms with Crippen LogP contribution in [0.15, 0.2) is 229 Å². The van der Waals surface area contributed by atoms with Gasteiger partial charge in [-0.2, -0.15) is 0 Å². The molecule has 0 aliphatic heterocycles. The molecule has 0 unspecified atom stereocenters. The normalized spacial score (nSPS) is 11.5. The predicted octanol–water partition coefficient (Wildman–Crippen LogP) is 15.7. The number of para-hydroxylation sites is 1. The van der Waals surface area contributed by atoms with E-state index in [4.69, 9.17) is 19.4 Å². The molecular formula is C59H37N3O. The molecule has 0 aliphatic rings. The van der Waals surface area contributed by atoms with E-state index in [9.17, 15) is 0 Å². The molecular weight excluding hydrogens is 767 g/mol. The number of fused-ring (bicyclic) bond motifs is 7. The number of benzene rings is 9. The molecule has 4 nitrogen and oxygen atoms in total. The van der Waals surface area contributed by atoms with E-state index in [2.05, 4.69) is 200 Å². The zero-order valence-corrected chi connectivity index (χ0v) is 34.1. The minimum atomic E-state index is 0.673. The highest BCUT2D eigenvalue weighted by atomic mass is 16.3. The van der Waals surface area contributed by atoms with E-state index in [1.165, 1.54) is 11.1 Å². The van der Waals surface area contributed by atoms with Crippen LogP contribution in [0.3, 0.4) is 0 Å². The molecule has 12 aromatic rings. The SMILES string of the molecule is c1ccc(-c2ccc(-c3cc(-c4cccc(-c5cccc(-c6nc7c8ccccc8ccc7c7c6oc6ccccc67)c5)c4)nc(-c4ccc(-c5ccccc5)cc4)n3)cc2)cc1. The molecule has 12 rings (SSSR count). The first kappa shape index (κ1) is 36.4. The van der Waals surface area contributed by atoms with Crippen molar-refractivity contribution in [3.63, 3.8) is 0 Å². The van der Waals surface area contributed by atoms with E-state index < -0.39 is 0 Å². The number of hydrogen-bond acceptors (Lipinski definition) is 4. The maximum Gasteiger partial charge on any atom is 0.162 e. The number of aromatic nitrogens is 3. The summed E-state index contributed by atoms with van der Waals surface area (Å²) >= 11 is 0. The summed E-state index contributed by atoms with van der Waals surface area (Å²) in [6, 6.07) is 78.6. The van der Waals surface area contributed by atoms with Crippen molar-refractivity contribution in [2.45, 2.75) is 0 Å². The second kappa shape index (κ2) is 15.2. The number of nitrogens with zero attached hydrogens (tertiary/aromatic N) is 3. The maximum absolute atomic E-state index is 6.66. The van der Waals surface area contributed by atoms with Crippen LogP contribution >= 0.6 is 0 Å². The molecule has 3 heterocycles. The van der Waals surface area contributed by atoms with Crippen LogP contribution in [-0.2, 0) is 0 Å². The molecule has 0 atom stereocenters. The third-order valence-electron chi connectivity index (χ3n) is 12.1. The monoisotopic (exact) mass is 803 g/mol. The van der Waals surface area contributed by atoms with E-state index in [1.807, 2.05) is 24.3 Å². The first-order valence-corrected chi connectivity index (χ1v) is 21.2. The third-order valence-corrected chi connectivity index (χ3v) is 12.1. The van der Waals surface area contributed by atoms with Gasteiger partial charge in [0.2, 0.25) is 0 Å². The van der Waals surface area contributed by atoms with E-state index >= 15 is 0 Å². The van der Waals surface area contributed by atoms with Gasteiger partial charge in [0, 0.05) is 43.8 Å². The van der Waals surface area contributed by atoms with Crippen molar-refractivity contribution >= 4 is 43.6 Å². The quantitative estimate of drug-likeness (QED) is 0.151. The second-order valence-electron chi connectivity index (χ2n) is 16.0. The van der Waals surface area contributed by atoms with Crippen LogP contribution in [0.5, 0.6) is 0 Å². The topological polar surface area (TPSA) is 51.8 Å². The fourth-order valence-electron chi connectivity index (χ4n) is 8.90. The molecule has 0 saturated heterocycles. The highest BCUT2D eigenvalue weighted by molar-refractivity contribution is 6.24. The summed E-state index contributed by atoms with van der Waals surface area (Å²) in [5, 5.41) is 5.54. The lowest BCUT2D eigenvalue weighted by atomic mass is 9.96. The highest BCUT2D eigenvalue weighted by Gasteiger charge is 2.20. The van der Waals surface area contributed by atoms with Gasteiger partial charge < -0.3 is 4.42 Å². The Kier molecular flexibility index (Phi) is 8.79. The van der Waals surface area contributed by atoms with Gasteiger partial charge in [0.1, 0.15) is 11.3 Å². The molecule has 3 aromatic heterocycles. The second-order valence-corrected chi connectivity index (χ2v) is 16.0. The van der Waals surface area contributed by atoms with Crippen molar-refractivity contribution in [3.8, 4) is 78.5 Å². The van der Waals surface area contributed by atoms with Crippen molar-refractivity contribution in [2.75, 3.05) is 0 Å². The Bertz CT molecular complexity index is 3550. The lowest BCUT2D eigenvalue weighted by Crippen LogP contribution is -1.96. The summed E-state index contributed by atoms with van der Waals surface area (Å²) in [4.78, 5) is 15.8. The number of pyridine rings is 1. The van der Waals surface area contributed by atoms with Gasteiger partial charge >= 0.3 is 0 Å². The summed E-state index contributed by atoms with van der Waals surface area (Å²) in [6.07, 6.45) is 0. The maximum atomic E-state index is 6.66. The molecule has 0 amide bonds. The summed E-state index contributed by atoms with van der Waals surface area (Å²) in [6.45, 7) is 0. The number of rotatable bonds is 7. The Morgan fingerprint density at radius 1 is 0.302 bits per heavy atom. The van der Waals surface area contributed by atoms with E-state index in [-0.39, 0.29) is 0 Å². The van der Waals surface area contributed by atoms with E-state index in [0.29, 0.717) is 5.82 Å². The summed E-state index contributed by atoms with van der Waals surface area (Å²) in [5.74, 6) is 0.673. The van der Waals surface area contributed by atoms with Gasteiger partial charge in [-0.25, -0.2) is 15.0 Å². The molecule has 0 bridgehead atoms. The van der Waals surface area contributed by atoms with Crippen molar-refractivity contribution in [3.05, 3.63) is 224 Å². The van der Waals surface area contributed by atoms with Gasteiger partial charge in [-0.3, -0.25) is 0 Å². The van der Waals surface area contributed by atoms with Crippen LogP contribution in [0.1, 0.15) is 0 Å². The smallest absolute Gasteiger partial charge is 0.162 e. The Morgan fingerprint density at radius 3 is 1.51 bits per heavy atom. The summed E-state index contributed by atoms with van der Waals surface area (Å²) < 4.78 is 6.66. The molecule has 0 fully saturated rings. The van der Waals surface area contributed by atoms with Crippen molar-refractivity contribution in [1.29, 1.82) is 0 Å². The minimum absolute atomic E-state index is 0.673. The average Bonchev–Trinajstić information content (AvgIpc) is 3.77. The van der Waals surface area contributed by atoms with Crippen molar-refractivity contribution < 1.29 is 4.42 Å². The minimum Gasteiger partial charge on any atom is -0.454 e. The first-order valence-electron chi connectivity index (χ1n) is 21.2. The van der Waals surface area contributed by atoms with Crippen molar-refractivity contribution in [2.24, 2.45) is 0 Å². The molecule has 0 N–H and O–H groups in total. The molecule has 9 aromatic carbocycles. The van der Waals surface area contributed by atoms with Gasteiger partial charge in [-0.1, -0.05) is 200 Å². The van der Waals surface area contributed by atoms with Crippen LogP contribution in [0.25, 0.3) is 122 Å². The third kappa shape index (κ3) is 6.62. The zero-order valence-electron chi connectivity index (χ0n) is 34.1. The fourth-order valence-corrected chi connectivity index (χ4v) is 8.90. The summed E-state index contributed by atoms with van der Waals surface area (Å²) in [5.41, 5.74) is 15.9. The van der Waals surface area contributed by atoms with E-state index in [0.717, 1.165) is 105 Å². The Balaban J connectivity index is 0.970. The molecule has 0 aliphatic carbocycles. The lowest BCUT2D eigenvalue weighted by Gasteiger charge is -2.12. The van der Waals surface area contributed by atoms with E-state index in [1.54, 1.807) is 0 Å². The Hall–Kier alpha value is -8.47. The van der Waals surface area contributed by atoms with Crippen LogP contribution < -0.4 is 0 Å².